The van der Waals surface area contributed by atoms with Crippen molar-refractivity contribution in [1.82, 2.24) is 10.2 Å². The van der Waals surface area contributed by atoms with Gasteiger partial charge in [0.15, 0.2) is 0 Å². The molecule has 112 valence electrons. The molecule has 2 saturated heterocycles. The van der Waals surface area contributed by atoms with Crippen LogP contribution in [0.2, 0.25) is 5.02 Å². The van der Waals surface area contributed by atoms with Crippen LogP contribution in [0.3, 0.4) is 0 Å². The molecule has 1 unspecified atom stereocenters. The van der Waals surface area contributed by atoms with E-state index in [1.807, 2.05) is 24.3 Å². The van der Waals surface area contributed by atoms with Crippen molar-refractivity contribution >= 4 is 24.0 Å². The Kier molecular flexibility index (Phi) is 5.56. The summed E-state index contributed by atoms with van der Waals surface area (Å²) in [6, 6.07) is 7.67. The van der Waals surface area contributed by atoms with Crippen molar-refractivity contribution in [2.45, 2.75) is 12.8 Å². The second kappa shape index (κ2) is 6.99. The number of hydrogen-bond donors (Lipinski definition) is 1. The van der Waals surface area contributed by atoms with Gasteiger partial charge in [0.05, 0.1) is 5.02 Å². The summed E-state index contributed by atoms with van der Waals surface area (Å²) in [5.74, 6) is 0.792. The maximum absolute atomic E-state index is 6.07. The highest BCUT2D eigenvalue weighted by Gasteiger charge is 2.39. The van der Waals surface area contributed by atoms with Crippen molar-refractivity contribution in [2.24, 2.45) is 5.41 Å². The lowest BCUT2D eigenvalue weighted by atomic mass is 9.87. The zero-order valence-electron chi connectivity index (χ0n) is 11.6. The van der Waals surface area contributed by atoms with Crippen LogP contribution in [-0.2, 0) is 0 Å². The molecular weight excluding hydrogens is 295 g/mol. The van der Waals surface area contributed by atoms with Gasteiger partial charge in [-0.1, -0.05) is 23.7 Å². The number of nitrogens with one attached hydrogen (secondary N) is 1. The Balaban J connectivity index is 0.00000147. The Hall–Kier alpha value is -0.480. The van der Waals surface area contributed by atoms with E-state index in [2.05, 4.69) is 10.2 Å². The highest BCUT2D eigenvalue weighted by molar-refractivity contribution is 6.32. The van der Waals surface area contributed by atoms with Gasteiger partial charge in [0, 0.05) is 19.6 Å². The maximum atomic E-state index is 6.07. The largest absolute Gasteiger partial charge is 0.491 e. The van der Waals surface area contributed by atoms with Crippen LogP contribution in [-0.4, -0.2) is 44.2 Å². The molecule has 0 radical (unpaired) electrons. The van der Waals surface area contributed by atoms with Gasteiger partial charge in [-0.25, -0.2) is 0 Å². The maximum Gasteiger partial charge on any atom is 0.137 e. The van der Waals surface area contributed by atoms with Crippen molar-refractivity contribution in [3.8, 4) is 5.75 Å². The lowest BCUT2D eigenvalue weighted by Gasteiger charge is -2.22. The van der Waals surface area contributed by atoms with E-state index in [1.54, 1.807) is 0 Å². The summed E-state index contributed by atoms with van der Waals surface area (Å²) in [5.41, 5.74) is 0.546. The van der Waals surface area contributed by atoms with Crippen LogP contribution in [0.4, 0.5) is 0 Å². The van der Waals surface area contributed by atoms with E-state index in [1.165, 1.54) is 39.0 Å². The van der Waals surface area contributed by atoms with Crippen LogP contribution in [0.15, 0.2) is 24.3 Å². The van der Waals surface area contributed by atoms with Gasteiger partial charge in [-0.05, 0) is 43.5 Å². The van der Waals surface area contributed by atoms with E-state index in [-0.39, 0.29) is 12.4 Å². The highest BCUT2D eigenvalue weighted by Crippen LogP contribution is 2.35. The third-order valence-corrected chi connectivity index (χ3v) is 4.66. The molecule has 1 spiro atoms. The molecule has 1 atom stereocenters. The predicted octanol–water partition coefficient (Wildman–Crippen LogP) is 2.83. The van der Waals surface area contributed by atoms with Gasteiger partial charge in [0.1, 0.15) is 12.4 Å². The van der Waals surface area contributed by atoms with Gasteiger partial charge >= 0.3 is 0 Å². The summed E-state index contributed by atoms with van der Waals surface area (Å²) >= 11 is 6.07. The molecule has 2 heterocycles. The van der Waals surface area contributed by atoms with E-state index >= 15 is 0 Å². The summed E-state index contributed by atoms with van der Waals surface area (Å²) < 4.78 is 5.76. The SMILES string of the molecule is Cl.Clc1ccccc1OCCN1CCC2(CCNC2)C1. The molecule has 0 aromatic heterocycles. The third-order valence-electron chi connectivity index (χ3n) is 4.35. The van der Waals surface area contributed by atoms with E-state index in [0.29, 0.717) is 17.0 Å². The first-order chi connectivity index (χ1) is 9.27. The van der Waals surface area contributed by atoms with Crippen molar-refractivity contribution in [2.75, 3.05) is 39.3 Å². The number of halogens is 2. The second-order valence-corrected chi connectivity index (χ2v) is 6.14. The van der Waals surface area contributed by atoms with Crippen LogP contribution >= 0.6 is 24.0 Å². The molecule has 1 aromatic rings. The summed E-state index contributed by atoms with van der Waals surface area (Å²) in [7, 11) is 0. The monoisotopic (exact) mass is 316 g/mol. The molecule has 2 aliphatic rings. The quantitative estimate of drug-likeness (QED) is 0.924. The van der Waals surface area contributed by atoms with Gasteiger partial charge in [-0.15, -0.1) is 12.4 Å². The summed E-state index contributed by atoms with van der Waals surface area (Å²) in [4.78, 5) is 2.52. The number of likely N-dealkylation sites (tertiary alicyclic amines) is 1. The summed E-state index contributed by atoms with van der Waals surface area (Å²) in [6.07, 6.45) is 2.65. The van der Waals surface area contributed by atoms with E-state index < -0.39 is 0 Å². The van der Waals surface area contributed by atoms with Crippen molar-refractivity contribution in [1.29, 1.82) is 0 Å². The van der Waals surface area contributed by atoms with Crippen molar-refractivity contribution in [3.63, 3.8) is 0 Å². The summed E-state index contributed by atoms with van der Waals surface area (Å²) in [6.45, 7) is 6.50. The molecule has 2 aliphatic heterocycles. The zero-order chi connectivity index (χ0) is 13.1. The molecule has 0 saturated carbocycles. The normalized spacial score (nSPS) is 25.9. The lowest BCUT2D eigenvalue weighted by Crippen LogP contribution is -2.31. The van der Waals surface area contributed by atoms with Crippen LogP contribution in [0.1, 0.15) is 12.8 Å². The minimum Gasteiger partial charge on any atom is -0.491 e. The Morgan fingerprint density at radius 1 is 1.30 bits per heavy atom. The fraction of sp³-hybridized carbons (Fsp3) is 0.600. The molecule has 3 nitrogen and oxygen atoms in total. The molecular formula is C15H22Cl2N2O. The number of rotatable bonds is 4. The second-order valence-electron chi connectivity index (χ2n) is 5.73. The smallest absolute Gasteiger partial charge is 0.137 e. The zero-order valence-corrected chi connectivity index (χ0v) is 13.2. The number of hydrogen-bond acceptors (Lipinski definition) is 3. The Bertz CT molecular complexity index is 436. The van der Waals surface area contributed by atoms with Crippen molar-refractivity contribution < 1.29 is 4.74 Å². The molecule has 0 bridgehead atoms. The molecule has 0 aliphatic carbocycles. The topological polar surface area (TPSA) is 24.5 Å². The number of ether oxygens (including phenoxy) is 1. The van der Waals surface area contributed by atoms with E-state index in [4.69, 9.17) is 16.3 Å². The van der Waals surface area contributed by atoms with Crippen LogP contribution < -0.4 is 10.1 Å². The van der Waals surface area contributed by atoms with Gasteiger partial charge in [0.2, 0.25) is 0 Å². The molecule has 1 N–H and O–H groups in total. The highest BCUT2D eigenvalue weighted by atomic mass is 35.5. The van der Waals surface area contributed by atoms with Gasteiger partial charge in [0.25, 0.3) is 0 Å². The molecule has 3 rings (SSSR count). The summed E-state index contributed by atoms with van der Waals surface area (Å²) in [5, 5.41) is 4.18. The number of para-hydroxylation sites is 1. The first-order valence-corrected chi connectivity index (χ1v) is 7.46. The van der Waals surface area contributed by atoms with Crippen molar-refractivity contribution in [3.05, 3.63) is 29.3 Å². The van der Waals surface area contributed by atoms with Gasteiger partial charge < -0.3 is 10.1 Å². The Morgan fingerprint density at radius 2 is 2.15 bits per heavy atom. The fourth-order valence-electron chi connectivity index (χ4n) is 3.21. The average Bonchev–Trinajstić information content (AvgIpc) is 3.03. The van der Waals surface area contributed by atoms with Crippen LogP contribution in [0.25, 0.3) is 0 Å². The predicted molar refractivity (Wildman–Crippen MR) is 85.2 cm³/mol. The van der Waals surface area contributed by atoms with Crippen LogP contribution in [0, 0.1) is 5.41 Å². The lowest BCUT2D eigenvalue weighted by molar-refractivity contribution is 0.217. The van der Waals surface area contributed by atoms with Gasteiger partial charge in [-0.2, -0.15) is 0 Å². The minimum absolute atomic E-state index is 0. The van der Waals surface area contributed by atoms with Crippen LogP contribution in [0.5, 0.6) is 5.75 Å². The first kappa shape index (κ1) is 15.9. The van der Waals surface area contributed by atoms with E-state index in [9.17, 15) is 0 Å². The minimum atomic E-state index is 0. The van der Waals surface area contributed by atoms with E-state index in [0.717, 1.165) is 12.3 Å². The third kappa shape index (κ3) is 3.59. The Morgan fingerprint density at radius 3 is 2.90 bits per heavy atom. The Labute approximate surface area is 132 Å². The fourth-order valence-corrected chi connectivity index (χ4v) is 3.40. The average molecular weight is 317 g/mol. The molecule has 5 heteroatoms. The standard InChI is InChI=1S/C15H21ClN2O.ClH/c16-13-3-1-2-4-14(13)19-10-9-18-8-6-15(12-18)5-7-17-11-15;/h1-4,17H,5-12H2;1H. The number of nitrogens with zero attached hydrogens (tertiary/aromatic N) is 1. The molecule has 0 amide bonds. The first-order valence-electron chi connectivity index (χ1n) is 7.08. The molecule has 2 fully saturated rings. The molecule has 1 aromatic carbocycles. The molecule has 20 heavy (non-hydrogen) atoms. The van der Waals surface area contributed by atoms with Gasteiger partial charge in [-0.3, -0.25) is 4.90 Å². The number of benzene rings is 1.